The second-order valence-corrected chi connectivity index (χ2v) is 7.94. The number of piperazine rings is 1. The summed E-state index contributed by atoms with van der Waals surface area (Å²) in [5.41, 5.74) is 1.65. The molecule has 0 aliphatic carbocycles. The van der Waals surface area contributed by atoms with Gasteiger partial charge in [0.05, 0.1) is 5.69 Å². The van der Waals surface area contributed by atoms with Gasteiger partial charge in [-0.2, -0.15) is 4.68 Å². The monoisotopic (exact) mass is 425 g/mol. The molecule has 9 heteroatoms. The molecule has 0 radical (unpaired) electrons. The molecule has 0 saturated carbocycles. The minimum atomic E-state index is -0.347. The van der Waals surface area contributed by atoms with Crippen molar-refractivity contribution in [1.82, 2.24) is 29.9 Å². The molecule has 1 aliphatic heterocycles. The molecule has 3 heterocycles. The molecule has 4 rings (SSSR count). The van der Waals surface area contributed by atoms with E-state index in [0.29, 0.717) is 48.8 Å². The van der Waals surface area contributed by atoms with Gasteiger partial charge in [0.25, 0.3) is 0 Å². The first-order valence-corrected chi connectivity index (χ1v) is 11.0. The average molecular weight is 426 g/mol. The largest absolute Gasteiger partial charge is 0.351 e. The summed E-state index contributed by atoms with van der Waals surface area (Å²) >= 11 is 0. The summed E-state index contributed by atoms with van der Waals surface area (Å²) < 4.78 is 15.2. The molecule has 2 aromatic heterocycles. The quantitative estimate of drug-likeness (QED) is 0.578. The van der Waals surface area contributed by atoms with Crippen LogP contribution >= 0.6 is 0 Å². The zero-order chi connectivity index (χ0) is 21.8. The van der Waals surface area contributed by atoms with E-state index in [4.69, 9.17) is 0 Å². The van der Waals surface area contributed by atoms with Crippen LogP contribution in [0.1, 0.15) is 39.5 Å². The van der Waals surface area contributed by atoms with Gasteiger partial charge < -0.3 is 9.80 Å². The predicted octanol–water partition coefficient (Wildman–Crippen LogP) is 3.21. The van der Waals surface area contributed by atoms with E-state index < -0.39 is 0 Å². The number of fused-ring (bicyclic) bond motifs is 1. The van der Waals surface area contributed by atoms with Gasteiger partial charge in [-0.15, -0.1) is 5.10 Å². The van der Waals surface area contributed by atoms with Crippen molar-refractivity contribution < 1.29 is 9.18 Å². The van der Waals surface area contributed by atoms with E-state index in [0.717, 1.165) is 25.7 Å². The molecule has 1 aromatic carbocycles. The predicted molar refractivity (Wildman–Crippen MR) is 117 cm³/mol. The van der Waals surface area contributed by atoms with Crippen LogP contribution in [0.2, 0.25) is 0 Å². The highest BCUT2D eigenvalue weighted by Gasteiger charge is 2.28. The number of benzene rings is 1. The number of carbonyl (C=O) groups is 1. The summed E-state index contributed by atoms with van der Waals surface area (Å²) in [6.45, 7) is 6.93. The maximum absolute atomic E-state index is 13.6. The van der Waals surface area contributed by atoms with Crippen LogP contribution in [0.25, 0.3) is 16.9 Å². The van der Waals surface area contributed by atoms with Crippen molar-refractivity contribution in [1.29, 1.82) is 0 Å². The van der Waals surface area contributed by atoms with Gasteiger partial charge in [-0.05, 0) is 31.0 Å². The lowest BCUT2D eigenvalue weighted by atomic mass is 9.96. The fraction of sp³-hybridized carbons (Fsp3) is 0.500. The summed E-state index contributed by atoms with van der Waals surface area (Å²) in [6, 6.07) is 6.16. The van der Waals surface area contributed by atoms with Gasteiger partial charge >= 0.3 is 0 Å². The lowest BCUT2D eigenvalue weighted by Crippen LogP contribution is -2.50. The zero-order valence-electron chi connectivity index (χ0n) is 18.0. The number of anilines is 1. The van der Waals surface area contributed by atoms with E-state index in [2.05, 4.69) is 39.0 Å². The molecule has 164 valence electrons. The van der Waals surface area contributed by atoms with E-state index in [1.54, 1.807) is 12.1 Å². The lowest BCUT2D eigenvalue weighted by molar-refractivity contribution is -0.136. The van der Waals surface area contributed by atoms with Crippen molar-refractivity contribution in [2.75, 3.05) is 31.1 Å². The van der Waals surface area contributed by atoms with Gasteiger partial charge in [0.1, 0.15) is 12.1 Å². The van der Waals surface area contributed by atoms with Crippen LogP contribution in [0.4, 0.5) is 10.2 Å². The normalized spacial score (nSPS) is 14.6. The van der Waals surface area contributed by atoms with Crippen molar-refractivity contribution in [2.24, 2.45) is 5.92 Å². The Kier molecular flexibility index (Phi) is 6.39. The Morgan fingerprint density at radius 2 is 1.84 bits per heavy atom. The highest BCUT2D eigenvalue weighted by atomic mass is 19.1. The summed E-state index contributed by atoms with van der Waals surface area (Å²) in [4.78, 5) is 25.8. The van der Waals surface area contributed by atoms with Gasteiger partial charge in [0, 0.05) is 32.1 Å². The smallest absolute Gasteiger partial charge is 0.225 e. The Labute approximate surface area is 181 Å². The maximum Gasteiger partial charge on any atom is 0.225 e. The second-order valence-electron chi connectivity index (χ2n) is 7.94. The van der Waals surface area contributed by atoms with Crippen LogP contribution in [0.15, 0.2) is 30.6 Å². The Bertz CT molecular complexity index is 1040. The molecule has 31 heavy (non-hydrogen) atoms. The van der Waals surface area contributed by atoms with Crippen molar-refractivity contribution in [2.45, 2.75) is 39.5 Å². The van der Waals surface area contributed by atoms with E-state index in [-0.39, 0.29) is 17.6 Å². The first-order chi connectivity index (χ1) is 15.1. The molecule has 8 nitrogen and oxygen atoms in total. The van der Waals surface area contributed by atoms with Gasteiger partial charge in [-0.3, -0.25) is 4.79 Å². The number of nitrogens with zero attached hydrogens (tertiary/aromatic N) is 7. The summed E-state index contributed by atoms with van der Waals surface area (Å²) in [5.74, 6) is 0.741. The van der Waals surface area contributed by atoms with Crippen LogP contribution in [-0.2, 0) is 4.79 Å². The zero-order valence-corrected chi connectivity index (χ0v) is 18.0. The van der Waals surface area contributed by atoms with Gasteiger partial charge in [-0.25, -0.2) is 14.4 Å². The Morgan fingerprint density at radius 3 is 2.52 bits per heavy atom. The first-order valence-electron chi connectivity index (χ1n) is 11.0. The maximum atomic E-state index is 13.6. The van der Waals surface area contributed by atoms with E-state index in [9.17, 15) is 9.18 Å². The fourth-order valence-electron chi connectivity index (χ4n) is 4.24. The van der Waals surface area contributed by atoms with Crippen LogP contribution in [0.5, 0.6) is 0 Å². The Hall–Kier alpha value is -3.10. The molecule has 0 bridgehead atoms. The van der Waals surface area contributed by atoms with Crippen LogP contribution in [0, 0.1) is 11.7 Å². The van der Waals surface area contributed by atoms with Crippen molar-refractivity contribution in [3.8, 4) is 5.69 Å². The van der Waals surface area contributed by atoms with E-state index in [1.807, 2.05) is 4.90 Å². The molecule has 3 aromatic rings. The number of hydrogen-bond donors (Lipinski definition) is 0. The number of amides is 1. The number of carbonyl (C=O) groups excluding carboxylic acids is 1. The molecule has 0 unspecified atom stereocenters. The van der Waals surface area contributed by atoms with Gasteiger partial charge in [0.15, 0.2) is 17.0 Å². The molecule has 0 N–H and O–H groups in total. The summed E-state index contributed by atoms with van der Waals surface area (Å²) in [5, 5.41) is 8.45. The number of halogens is 1. The lowest BCUT2D eigenvalue weighted by Gasteiger charge is -2.37. The average Bonchev–Trinajstić information content (AvgIpc) is 3.23. The third kappa shape index (κ3) is 4.35. The minimum absolute atomic E-state index is 0.124. The minimum Gasteiger partial charge on any atom is -0.351 e. The molecule has 1 fully saturated rings. The molecule has 0 atom stereocenters. The molecule has 1 amide bonds. The van der Waals surface area contributed by atoms with E-state index in [1.165, 1.54) is 23.1 Å². The van der Waals surface area contributed by atoms with E-state index >= 15 is 0 Å². The molecular formula is C22H28FN7O. The fourth-order valence-corrected chi connectivity index (χ4v) is 4.24. The number of hydrogen-bond acceptors (Lipinski definition) is 6. The third-order valence-electron chi connectivity index (χ3n) is 5.79. The summed E-state index contributed by atoms with van der Waals surface area (Å²) in [7, 11) is 0. The second kappa shape index (κ2) is 9.36. The number of rotatable bonds is 7. The first kappa shape index (κ1) is 21.1. The standard InChI is InChI=1S/C22H28FN7O/c1-3-6-16(7-4-2)22(31)29-12-10-28(11-13-29)20-19-21(25-15-24-20)30(27-26-19)18-9-5-8-17(23)14-18/h5,8-9,14-16H,3-4,6-7,10-13H2,1-2H3. The van der Waals surface area contributed by atoms with Crippen molar-refractivity contribution in [3.05, 3.63) is 36.4 Å². The molecule has 1 aliphatic rings. The molecule has 0 spiro atoms. The molecular weight excluding hydrogens is 397 g/mol. The van der Waals surface area contributed by atoms with Crippen molar-refractivity contribution in [3.63, 3.8) is 0 Å². The SMILES string of the molecule is CCCC(CCC)C(=O)N1CCN(c2ncnc3c2nnn3-c2cccc(F)c2)CC1. The Morgan fingerprint density at radius 1 is 1.10 bits per heavy atom. The van der Waals surface area contributed by atoms with Gasteiger partial charge in [-0.1, -0.05) is 38.0 Å². The van der Waals surface area contributed by atoms with Crippen LogP contribution < -0.4 is 4.90 Å². The number of aromatic nitrogens is 5. The third-order valence-corrected chi connectivity index (χ3v) is 5.79. The Balaban J connectivity index is 1.51. The van der Waals surface area contributed by atoms with Gasteiger partial charge in [0.2, 0.25) is 5.91 Å². The highest BCUT2D eigenvalue weighted by molar-refractivity contribution is 5.84. The summed E-state index contributed by atoms with van der Waals surface area (Å²) in [6.07, 6.45) is 5.42. The topological polar surface area (TPSA) is 80.0 Å². The van der Waals surface area contributed by atoms with Crippen molar-refractivity contribution >= 4 is 22.9 Å². The highest BCUT2D eigenvalue weighted by Crippen LogP contribution is 2.25. The molecule has 1 saturated heterocycles. The van der Waals surface area contributed by atoms with Crippen LogP contribution in [-0.4, -0.2) is 61.9 Å². The van der Waals surface area contributed by atoms with Crippen LogP contribution in [0.3, 0.4) is 0 Å².